The lowest BCUT2D eigenvalue weighted by Crippen LogP contribution is -2.69. The van der Waals surface area contributed by atoms with Gasteiger partial charge in [-0.05, 0) is 26.0 Å². The van der Waals surface area contributed by atoms with E-state index >= 15 is 4.39 Å². The van der Waals surface area contributed by atoms with Crippen LogP contribution in [0, 0.1) is 19.7 Å². The van der Waals surface area contributed by atoms with Crippen LogP contribution < -0.4 is 15.8 Å². The third kappa shape index (κ3) is 3.23. The zero-order valence-corrected chi connectivity index (χ0v) is 16.5. The minimum atomic E-state index is -1.30. The van der Waals surface area contributed by atoms with Gasteiger partial charge in [-0.15, -0.1) is 11.3 Å². The third-order valence-electron chi connectivity index (χ3n) is 4.89. The van der Waals surface area contributed by atoms with Crippen molar-refractivity contribution in [1.82, 2.24) is 10.3 Å². The molecular formula is C19H18FN3O5S. The molecule has 152 valence electrons. The molecule has 4 rings (SSSR count). The lowest BCUT2D eigenvalue weighted by molar-refractivity contribution is -0.143. The number of halogens is 1. The number of nitrogens with zero attached hydrogens (tertiary/aromatic N) is 1. The Morgan fingerprint density at radius 3 is 2.72 bits per heavy atom. The molecule has 3 heterocycles. The molecule has 0 bridgehead atoms. The second-order valence-corrected chi connectivity index (χ2v) is 7.77. The fourth-order valence-corrected chi connectivity index (χ4v) is 3.79. The van der Waals surface area contributed by atoms with Crippen LogP contribution in [0.5, 0.6) is 5.75 Å². The van der Waals surface area contributed by atoms with Gasteiger partial charge >= 0.3 is 0 Å². The summed E-state index contributed by atoms with van der Waals surface area (Å²) in [4.78, 5) is 29.6. The van der Waals surface area contributed by atoms with Crippen molar-refractivity contribution >= 4 is 34.1 Å². The van der Waals surface area contributed by atoms with Gasteiger partial charge < -0.3 is 24.9 Å². The number of carbonyl (C=O) groups excluding carboxylic acids is 2. The predicted molar refractivity (Wildman–Crippen MR) is 102 cm³/mol. The highest BCUT2D eigenvalue weighted by molar-refractivity contribution is 7.09. The standard InChI is InChI=1S/C19H18FN3O5S/c1-9-13(29-8-22-9)5-27-12-4-3-11-15(16(12)20)14(10(2)28-11)17(24)23-19(18(21)25)6-26-7-19/h3-4,8H,5-7H2,1-2H3,(H2,21,25)(H,23,24). The van der Waals surface area contributed by atoms with E-state index in [1.54, 1.807) is 12.4 Å². The number of aromatic nitrogens is 1. The smallest absolute Gasteiger partial charge is 0.256 e. The number of carbonyl (C=O) groups is 2. The van der Waals surface area contributed by atoms with E-state index in [9.17, 15) is 9.59 Å². The fourth-order valence-electron chi connectivity index (χ4n) is 3.10. The number of fused-ring (bicyclic) bond motifs is 1. The van der Waals surface area contributed by atoms with Gasteiger partial charge in [-0.1, -0.05) is 0 Å². The number of nitrogens with one attached hydrogen (secondary N) is 1. The Balaban J connectivity index is 1.67. The average molecular weight is 419 g/mol. The number of furan rings is 1. The van der Waals surface area contributed by atoms with Gasteiger partial charge in [0, 0.05) is 0 Å². The first-order valence-corrected chi connectivity index (χ1v) is 9.64. The first kappa shape index (κ1) is 19.3. The quantitative estimate of drug-likeness (QED) is 0.633. The lowest BCUT2D eigenvalue weighted by Gasteiger charge is -2.38. The number of thiazole rings is 1. The molecule has 0 spiro atoms. The fraction of sp³-hybridized carbons (Fsp3) is 0.316. The SMILES string of the molecule is Cc1ncsc1COc1ccc2oc(C)c(C(=O)NC3(C(N)=O)COC3)c2c1F. The summed E-state index contributed by atoms with van der Waals surface area (Å²) >= 11 is 1.41. The van der Waals surface area contributed by atoms with E-state index < -0.39 is 23.2 Å². The molecule has 8 nitrogen and oxygen atoms in total. The van der Waals surface area contributed by atoms with Crippen LogP contribution >= 0.6 is 11.3 Å². The predicted octanol–water partition coefficient (Wildman–Crippen LogP) is 2.21. The number of ether oxygens (including phenoxy) is 2. The molecule has 0 aliphatic carbocycles. The summed E-state index contributed by atoms with van der Waals surface area (Å²) in [6.07, 6.45) is 0. The van der Waals surface area contributed by atoms with E-state index in [1.807, 2.05) is 6.92 Å². The number of nitrogens with two attached hydrogens (primary N) is 1. The molecule has 2 aromatic heterocycles. The molecule has 1 saturated heterocycles. The maximum absolute atomic E-state index is 15.2. The summed E-state index contributed by atoms with van der Waals surface area (Å²) in [5.74, 6) is -1.90. The average Bonchev–Trinajstić information content (AvgIpc) is 3.20. The van der Waals surface area contributed by atoms with Gasteiger partial charge in [-0.2, -0.15) is 0 Å². The Bertz CT molecular complexity index is 1120. The molecule has 1 fully saturated rings. The van der Waals surface area contributed by atoms with E-state index in [4.69, 9.17) is 19.6 Å². The maximum atomic E-state index is 15.2. The van der Waals surface area contributed by atoms with Crippen molar-refractivity contribution in [3.8, 4) is 5.75 Å². The Labute approximate surface area is 168 Å². The van der Waals surface area contributed by atoms with Gasteiger partial charge in [0.1, 0.15) is 18.0 Å². The lowest BCUT2D eigenvalue weighted by atomic mass is 9.95. The number of hydrogen-bond donors (Lipinski definition) is 2. The summed E-state index contributed by atoms with van der Waals surface area (Å²) in [7, 11) is 0. The topological polar surface area (TPSA) is 117 Å². The van der Waals surface area contributed by atoms with Crippen molar-refractivity contribution in [3.63, 3.8) is 0 Å². The minimum absolute atomic E-state index is 0.00977. The highest BCUT2D eigenvalue weighted by Gasteiger charge is 2.46. The number of rotatable bonds is 6. The van der Waals surface area contributed by atoms with E-state index in [-0.39, 0.29) is 47.9 Å². The van der Waals surface area contributed by atoms with Crippen LogP contribution in [-0.4, -0.2) is 35.6 Å². The van der Waals surface area contributed by atoms with Crippen molar-refractivity contribution < 1.29 is 27.9 Å². The molecule has 0 unspecified atom stereocenters. The zero-order chi connectivity index (χ0) is 20.8. The van der Waals surface area contributed by atoms with Crippen molar-refractivity contribution in [2.75, 3.05) is 13.2 Å². The summed E-state index contributed by atoms with van der Waals surface area (Å²) < 4.78 is 31.4. The second-order valence-electron chi connectivity index (χ2n) is 6.83. The van der Waals surface area contributed by atoms with Gasteiger partial charge in [0.25, 0.3) is 5.91 Å². The number of primary amides is 1. The van der Waals surface area contributed by atoms with Crippen LogP contribution in [0.15, 0.2) is 22.1 Å². The molecule has 2 amide bonds. The summed E-state index contributed by atoms with van der Waals surface area (Å²) in [5.41, 5.74) is 6.77. The van der Waals surface area contributed by atoms with Crippen molar-refractivity contribution in [2.24, 2.45) is 5.73 Å². The van der Waals surface area contributed by atoms with Gasteiger partial charge in [-0.25, -0.2) is 9.37 Å². The molecule has 10 heteroatoms. The van der Waals surface area contributed by atoms with E-state index in [0.717, 1.165) is 10.6 Å². The van der Waals surface area contributed by atoms with Gasteiger partial charge in [0.15, 0.2) is 17.1 Å². The molecular weight excluding hydrogens is 401 g/mol. The molecule has 1 aromatic carbocycles. The number of aryl methyl sites for hydroxylation is 2. The summed E-state index contributed by atoms with van der Waals surface area (Å²) in [6, 6.07) is 2.98. The third-order valence-corrected chi connectivity index (χ3v) is 5.79. The largest absolute Gasteiger partial charge is 0.485 e. The van der Waals surface area contributed by atoms with Crippen LogP contribution in [0.4, 0.5) is 4.39 Å². The summed E-state index contributed by atoms with van der Waals surface area (Å²) in [6.45, 7) is 3.47. The Hall–Kier alpha value is -2.98. The van der Waals surface area contributed by atoms with Crippen LogP contribution in [0.3, 0.4) is 0 Å². The monoisotopic (exact) mass is 419 g/mol. The molecule has 0 radical (unpaired) electrons. The van der Waals surface area contributed by atoms with E-state index in [2.05, 4.69) is 10.3 Å². The van der Waals surface area contributed by atoms with Gasteiger partial charge in [0.2, 0.25) is 5.91 Å². The van der Waals surface area contributed by atoms with Crippen molar-refractivity contribution in [1.29, 1.82) is 0 Å². The summed E-state index contributed by atoms with van der Waals surface area (Å²) in [5, 5.41) is 2.55. The molecule has 0 atom stereocenters. The molecule has 29 heavy (non-hydrogen) atoms. The van der Waals surface area contributed by atoms with Crippen molar-refractivity contribution in [3.05, 3.63) is 45.4 Å². The number of hydrogen-bond acceptors (Lipinski definition) is 7. The van der Waals surface area contributed by atoms with Crippen LogP contribution in [0.25, 0.3) is 11.0 Å². The molecule has 1 aliphatic heterocycles. The highest BCUT2D eigenvalue weighted by atomic mass is 32.1. The van der Waals surface area contributed by atoms with Crippen LogP contribution in [0.2, 0.25) is 0 Å². The minimum Gasteiger partial charge on any atom is -0.485 e. The molecule has 0 saturated carbocycles. The second kappa shape index (κ2) is 7.12. The van der Waals surface area contributed by atoms with Gasteiger partial charge in [-0.3, -0.25) is 9.59 Å². The number of amides is 2. The first-order valence-electron chi connectivity index (χ1n) is 8.76. The molecule has 3 aromatic rings. The number of benzene rings is 1. The Kier molecular flexibility index (Phi) is 4.75. The van der Waals surface area contributed by atoms with E-state index in [0.29, 0.717) is 0 Å². The van der Waals surface area contributed by atoms with Crippen LogP contribution in [-0.2, 0) is 16.1 Å². The normalized spacial score (nSPS) is 15.1. The van der Waals surface area contributed by atoms with Gasteiger partial charge in [0.05, 0.1) is 40.2 Å². The van der Waals surface area contributed by atoms with Crippen molar-refractivity contribution in [2.45, 2.75) is 26.0 Å². The zero-order valence-electron chi connectivity index (χ0n) is 15.7. The highest BCUT2D eigenvalue weighted by Crippen LogP contribution is 2.34. The Morgan fingerprint density at radius 2 is 2.14 bits per heavy atom. The Morgan fingerprint density at radius 1 is 1.38 bits per heavy atom. The molecule has 1 aliphatic rings. The maximum Gasteiger partial charge on any atom is 0.256 e. The molecule has 3 N–H and O–H groups in total. The first-order chi connectivity index (χ1) is 13.8. The van der Waals surface area contributed by atoms with Crippen LogP contribution in [0.1, 0.15) is 26.7 Å². The van der Waals surface area contributed by atoms with E-state index in [1.165, 1.54) is 23.5 Å².